The van der Waals surface area contributed by atoms with Crippen molar-refractivity contribution in [3.8, 4) is 0 Å². The normalized spacial score (nSPS) is 16.6. The highest BCUT2D eigenvalue weighted by Crippen LogP contribution is 2.28. The monoisotopic (exact) mass is 439 g/mol. The fourth-order valence-corrected chi connectivity index (χ4v) is 4.96. The van der Waals surface area contributed by atoms with Gasteiger partial charge in [-0.25, -0.2) is 4.98 Å². The summed E-state index contributed by atoms with van der Waals surface area (Å²) in [7, 11) is 0. The van der Waals surface area contributed by atoms with Crippen molar-refractivity contribution in [1.82, 2.24) is 14.9 Å². The molecule has 0 saturated carbocycles. The molecule has 1 atom stereocenters. The Hall–Kier alpha value is -2.24. The summed E-state index contributed by atoms with van der Waals surface area (Å²) in [5, 5.41) is 3.78. The number of aromatic nitrogens is 2. The molecule has 3 aromatic rings. The van der Waals surface area contributed by atoms with Crippen LogP contribution in [0.25, 0.3) is 0 Å². The van der Waals surface area contributed by atoms with Gasteiger partial charge in [0.25, 0.3) is 0 Å². The predicted octanol–water partition coefficient (Wildman–Crippen LogP) is 5.35. The quantitative estimate of drug-likeness (QED) is 0.538. The van der Waals surface area contributed by atoms with Crippen LogP contribution in [0.5, 0.6) is 0 Å². The smallest absolute Gasteiger partial charge is 0.228 e. The van der Waals surface area contributed by atoms with E-state index in [1.54, 1.807) is 11.3 Å². The molecule has 1 aliphatic rings. The Bertz CT molecular complexity index is 1050. The van der Waals surface area contributed by atoms with Crippen LogP contribution in [0, 0.1) is 13.8 Å². The minimum Gasteiger partial charge on any atom is -0.342 e. The number of hydrogen-bond donors (Lipinski definition) is 0. The molecular formula is C24H26ClN3OS. The van der Waals surface area contributed by atoms with Crippen molar-refractivity contribution < 1.29 is 4.79 Å². The lowest BCUT2D eigenvalue weighted by atomic mass is 9.92. The zero-order valence-electron chi connectivity index (χ0n) is 17.4. The molecule has 0 N–H and O–H groups in total. The van der Waals surface area contributed by atoms with Gasteiger partial charge in [0.15, 0.2) is 0 Å². The van der Waals surface area contributed by atoms with Crippen LogP contribution in [0.3, 0.4) is 0 Å². The van der Waals surface area contributed by atoms with Crippen molar-refractivity contribution in [2.24, 2.45) is 0 Å². The van der Waals surface area contributed by atoms with E-state index in [2.05, 4.69) is 23.2 Å². The number of likely N-dealkylation sites (tertiary alicyclic amines) is 1. The zero-order valence-corrected chi connectivity index (χ0v) is 19.0. The van der Waals surface area contributed by atoms with Gasteiger partial charge in [0.05, 0.1) is 17.1 Å². The summed E-state index contributed by atoms with van der Waals surface area (Å²) in [6.07, 6.45) is 3.23. The average molecular weight is 440 g/mol. The Labute approximate surface area is 186 Å². The summed E-state index contributed by atoms with van der Waals surface area (Å²) in [5.74, 6) is 0.429. The number of aryl methyl sites for hydroxylation is 2. The third kappa shape index (κ3) is 5.08. The SMILES string of the molecule is Cc1cc(Cc2ccccc2Cl)cc(C2CCCN(C(=O)Cc3csc(C)n3)C2)n1. The zero-order chi connectivity index (χ0) is 21.1. The molecule has 4 rings (SSSR count). The van der Waals surface area contributed by atoms with E-state index in [1.807, 2.05) is 42.3 Å². The standard InChI is InChI=1S/C24H26ClN3OS/c1-16-10-18(11-19-6-3-4-8-22(19)25)12-23(26-16)20-7-5-9-28(14-20)24(29)13-21-15-30-17(2)27-21/h3-4,6,8,10,12,15,20H,5,7,9,11,13-14H2,1-2H3. The number of hydrogen-bond acceptors (Lipinski definition) is 4. The lowest BCUT2D eigenvalue weighted by Crippen LogP contribution is -2.40. The number of carbonyl (C=O) groups is 1. The highest BCUT2D eigenvalue weighted by atomic mass is 35.5. The summed E-state index contributed by atoms with van der Waals surface area (Å²) in [6.45, 7) is 5.55. The van der Waals surface area contributed by atoms with Gasteiger partial charge in [-0.2, -0.15) is 0 Å². The van der Waals surface area contributed by atoms with E-state index < -0.39 is 0 Å². The predicted molar refractivity (Wildman–Crippen MR) is 122 cm³/mol. The van der Waals surface area contributed by atoms with Gasteiger partial charge >= 0.3 is 0 Å². The third-order valence-electron chi connectivity index (χ3n) is 5.58. The lowest BCUT2D eigenvalue weighted by molar-refractivity contribution is -0.131. The van der Waals surface area contributed by atoms with Crippen LogP contribution < -0.4 is 0 Å². The maximum absolute atomic E-state index is 12.8. The lowest BCUT2D eigenvalue weighted by Gasteiger charge is -2.32. The highest BCUT2D eigenvalue weighted by Gasteiger charge is 2.26. The van der Waals surface area contributed by atoms with Gasteiger partial charge in [0.1, 0.15) is 0 Å². The van der Waals surface area contributed by atoms with Gasteiger partial charge < -0.3 is 4.90 Å². The maximum Gasteiger partial charge on any atom is 0.228 e. The molecule has 2 aromatic heterocycles. The number of amides is 1. The summed E-state index contributed by atoms with van der Waals surface area (Å²) in [6, 6.07) is 12.3. The van der Waals surface area contributed by atoms with Crippen LogP contribution in [0.2, 0.25) is 5.02 Å². The molecule has 6 heteroatoms. The number of carbonyl (C=O) groups excluding carboxylic acids is 1. The number of benzene rings is 1. The molecule has 1 fully saturated rings. The first-order valence-electron chi connectivity index (χ1n) is 10.4. The third-order valence-corrected chi connectivity index (χ3v) is 6.77. The molecule has 0 radical (unpaired) electrons. The number of thiazole rings is 1. The summed E-state index contributed by atoms with van der Waals surface area (Å²) >= 11 is 7.95. The molecule has 1 aliphatic heterocycles. The Balaban J connectivity index is 1.48. The maximum atomic E-state index is 12.8. The summed E-state index contributed by atoms with van der Waals surface area (Å²) in [4.78, 5) is 24.1. The Kier molecular flexibility index (Phi) is 6.49. The van der Waals surface area contributed by atoms with Gasteiger partial charge in [-0.3, -0.25) is 9.78 Å². The van der Waals surface area contributed by atoms with Crippen molar-refractivity contribution in [3.05, 3.63) is 80.0 Å². The number of rotatable bonds is 5. The number of halogens is 1. The van der Waals surface area contributed by atoms with E-state index in [4.69, 9.17) is 16.6 Å². The molecule has 4 nitrogen and oxygen atoms in total. The topological polar surface area (TPSA) is 46.1 Å². The van der Waals surface area contributed by atoms with Crippen molar-refractivity contribution in [3.63, 3.8) is 0 Å². The first-order valence-corrected chi connectivity index (χ1v) is 11.6. The molecular weight excluding hydrogens is 414 g/mol. The molecule has 30 heavy (non-hydrogen) atoms. The second-order valence-electron chi connectivity index (χ2n) is 8.02. The molecule has 156 valence electrons. The Morgan fingerprint density at radius 1 is 1.23 bits per heavy atom. The molecule has 0 aliphatic carbocycles. The van der Waals surface area contributed by atoms with Crippen LogP contribution in [-0.4, -0.2) is 33.9 Å². The molecule has 1 unspecified atom stereocenters. The van der Waals surface area contributed by atoms with Gasteiger partial charge in [-0.1, -0.05) is 29.8 Å². The van der Waals surface area contributed by atoms with Crippen LogP contribution in [-0.2, 0) is 17.6 Å². The van der Waals surface area contributed by atoms with Crippen LogP contribution in [0.4, 0.5) is 0 Å². The van der Waals surface area contributed by atoms with Gasteiger partial charge in [-0.15, -0.1) is 11.3 Å². The second-order valence-corrected chi connectivity index (χ2v) is 9.49. The van der Waals surface area contributed by atoms with Gasteiger partial charge in [0, 0.05) is 40.8 Å². The largest absolute Gasteiger partial charge is 0.342 e. The molecule has 1 aromatic carbocycles. The van der Waals surface area contributed by atoms with E-state index in [-0.39, 0.29) is 11.8 Å². The first kappa shape index (κ1) is 21.0. The average Bonchev–Trinajstić information content (AvgIpc) is 3.14. The van der Waals surface area contributed by atoms with Crippen molar-refractivity contribution in [2.45, 2.75) is 45.4 Å². The molecule has 0 spiro atoms. The first-order chi connectivity index (χ1) is 14.5. The summed E-state index contributed by atoms with van der Waals surface area (Å²) < 4.78 is 0. The van der Waals surface area contributed by atoms with E-state index in [0.29, 0.717) is 6.42 Å². The van der Waals surface area contributed by atoms with Gasteiger partial charge in [-0.05, 0) is 62.4 Å². The molecule has 0 bridgehead atoms. The molecule has 3 heterocycles. The minimum atomic E-state index is 0.161. The van der Waals surface area contributed by atoms with E-state index >= 15 is 0 Å². The van der Waals surface area contributed by atoms with E-state index in [9.17, 15) is 4.79 Å². The minimum absolute atomic E-state index is 0.161. The van der Waals surface area contributed by atoms with Crippen LogP contribution in [0.1, 0.15) is 52.0 Å². The van der Waals surface area contributed by atoms with Crippen LogP contribution in [0.15, 0.2) is 41.8 Å². The van der Waals surface area contributed by atoms with Crippen LogP contribution >= 0.6 is 22.9 Å². The highest BCUT2D eigenvalue weighted by molar-refractivity contribution is 7.09. The van der Waals surface area contributed by atoms with Crippen molar-refractivity contribution in [2.75, 3.05) is 13.1 Å². The molecule has 1 amide bonds. The fourth-order valence-electron chi connectivity index (χ4n) is 4.14. The van der Waals surface area contributed by atoms with Crippen molar-refractivity contribution in [1.29, 1.82) is 0 Å². The molecule has 1 saturated heterocycles. The van der Waals surface area contributed by atoms with Gasteiger partial charge in [0.2, 0.25) is 5.91 Å². The number of nitrogens with zero attached hydrogens (tertiary/aromatic N) is 3. The Morgan fingerprint density at radius 3 is 2.83 bits per heavy atom. The van der Waals surface area contributed by atoms with E-state index in [1.165, 1.54) is 5.56 Å². The number of piperidine rings is 1. The Morgan fingerprint density at radius 2 is 2.07 bits per heavy atom. The summed E-state index contributed by atoms with van der Waals surface area (Å²) in [5.41, 5.74) is 5.30. The second kappa shape index (κ2) is 9.27. The van der Waals surface area contributed by atoms with Crippen molar-refractivity contribution >= 4 is 28.8 Å². The van der Waals surface area contributed by atoms with E-state index in [0.717, 1.165) is 65.0 Å². The number of pyridine rings is 1. The fraction of sp³-hybridized carbons (Fsp3) is 0.375.